The molecule has 0 fully saturated rings. The molecule has 112 valence electrons. The number of carbonyl (C=O) groups is 1. The van der Waals surface area contributed by atoms with Crippen LogP contribution in [-0.4, -0.2) is 25.8 Å². The molecule has 0 unspecified atom stereocenters. The lowest BCUT2D eigenvalue weighted by Crippen LogP contribution is -2.17. The van der Waals surface area contributed by atoms with Crippen LogP contribution in [0.2, 0.25) is 0 Å². The molecule has 0 saturated carbocycles. The van der Waals surface area contributed by atoms with Crippen LogP contribution in [-0.2, 0) is 6.18 Å². The molecular formula is C14H8F3N3O2. The Morgan fingerprint density at radius 2 is 1.95 bits per heavy atom. The molecule has 3 aromatic rings. The second-order valence-electron chi connectivity index (χ2n) is 4.47. The van der Waals surface area contributed by atoms with E-state index in [1.165, 1.54) is 18.3 Å². The van der Waals surface area contributed by atoms with E-state index in [-0.39, 0.29) is 5.69 Å². The van der Waals surface area contributed by atoms with Gasteiger partial charge >= 0.3 is 12.1 Å². The summed E-state index contributed by atoms with van der Waals surface area (Å²) in [6.07, 6.45) is -2.64. The molecule has 5 nitrogen and oxygen atoms in total. The molecule has 8 heteroatoms. The molecule has 0 atom stereocenters. The van der Waals surface area contributed by atoms with Crippen molar-refractivity contribution in [2.24, 2.45) is 0 Å². The highest BCUT2D eigenvalue weighted by Crippen LogP contribution is 2.34. The Kier molecular flexibility index (Phi) is 3.09. The zero-order chi connectivity index (χ0) is 15.9. The highest BCUT2D eigenvalue weighted by Gasteiger charge is 2.40. The molecule has 0 amide bonds. The quantitative estimate of drug-likeness (QED) is 0.789. The van der Waals surface area contributed by atoms with Crippen LogP contribution in [0.5, 0.6) is 0 Å². The first-order chi connectivity index (χ1) is 10.4. The summed E-state index contributed by atoms with van der Waals surface area (Å²) in [6, 6.07) is 7.79. The lowest BCUT2D eigenvalue weighted by molar-refractivity contribution is -0.143. The minimum absolute atomic E-state index is 0.116. The summed E-state index contributed by atoms with van der Waals surface area (Å²) in [4.78, 5) is 15.1. The van der Waals surface area contributed by atoms with E-state index in [1.807, 2.05) is 0 Å². The Hall–Kier alpha value is -2.90. The van der Waals surface area contributed by atoms with Crippen molar-refractivity contribution >= 4 is 16.9 Å². The van der Waals surface area contributed by atoms with Gasteiger partial charge in [0.15, 0.2) is 5.69 Å². The van der Waals surface area contributed by atoms with Crippen molar-refractivity contribution in [2.75, 3.05) is 0 Å². The van der Waals surface area contributed by atoms with Crippen LogP contribution >= 0.6 is 0 Å². The Morgan fingerprint density at radius 3 is 2.64 bits per heavy atom. The summed E-state index contributed by atoms with van der Waals surface area (Å²) in [6.45, 7) is 0. The summed E-state index contributed by atoms with van der Waals surface area (Å²) in [5.41, 5.74) is -1.62. The van der Waals surface area contributed by atoms with E-state index in [4.69, 9.17) is 5.11 Å². The number of nitrogens with zero attached hydrogens (tertiary/aromatic N) is 3. The number of carboxylic acids is 1. The Labute approximate surface area is 121 Å². The molecule has 2 heterocycles. The minimum atomic E-state index is -4.85. The number of carboxylic acid groups (broad SMARTS) is 1. The van der Waals surface area contributed by atoms with E-state index in [9.17, 15) is 18.0 Å². The number of aromatic carboxylic acids is 1. The van der Waals surface area contributed by atoms with Crippen molar-refractivity contribution in [3.8, 4) is 5.69 Å². The summed E-state index contributed by atoms with van der Waals surface area (Å²) in [7, 11) is 0. The van der Waals surface area contributed by atoms with Gasteiger partial charge in [-0.05, 0) is 24.3 Å². The summed E-state index contributed by atoms with van der Waals surface area (Å²) in [5.74, 6) is -1.68. The standard InChI is InChI=1S/C14H8F3N3O2/c15-14(16,17)12-9(13(21)22)7-19-20(12)11-5-1-4-10-8(11)3-2-6-18-10/h1-7H,(H,21,22). The third kappa shape index (κ3) is 2.18. The van der Waals surface area contributed by atoms with Gasteiger partial charge in [0.05, 0.1) is 17.4 Å². The normalized spacial score (nSPS) is 11.8. The number of alkyl halides is 3. The number of hydrogen-bond acceptors (Lipinski definition) is 3. The third-order valence-corrected chi connectivity index (χ3v) is 3.12. The summed E-state index contributed by atoms with van der Waals surface area (Å²) >= 11 is 0. The van der Waals surface area contributed by atoms with Crippen LogP contribution in [0.15, 0.2) is 42.7 Å². The predicted octanol–water partition coefficient (Wildman–Crippen LogP) is 3.14. The molecule has 3 rings (SSSR count). The molecule has 22 heavy (non-hydrogen) atoms. The maximum Gasteiger partial charge on any atom is 0.434 e. The molecular weight excluding hydrogens is 299 g/mol. The highest BCUT2D eigenvalue weighted by atomic mass is 19.4. The predicted molar refractivity (Wildman–Crippen MR) is 70.8 cm³/mol. The van der Waals surface area contributed by atoms with Crippen molar-refractivity contribution in [1.29, 1.82) is 0 Å². The first-order valence-electron chi connectivity index (χ1n) is 6.12. The van der Waals surface area contributed by atoms with Gasteiger partial charge in [-0.1, -0.05) is 6.07 Å². The fourth-order valence-corrected chi connectivity index (χ4v) is 2.23. The van der Waals surface area contributed by atoms with Crippen molar-refractivity contribution < 1.29 is 23.1 Å². The zero-order valence-electron chi connectivity index (χ0n) is 10.9. The van der Waals surface area contributed by atoms with Gasteiger partial charge in [0.1, 0.15) is 5.56 Å². The second kappa shape index (κ2) is 4.83. The van der Waals surface area contributed by atoms with Crippen LogP contribution in [0.25, 0.3) is 16.6 Å². The number of rotatable bonds is 2. The van der Waals surface area contributed by atoms with E-state index in [2.05, 4.69) is 10.1 Å². The number of benzene rings is 1. The molecule has 0 aliphatic heterocycles. The van der Waals surface area contributed by atoms with E-state index >= 15 is 0 Å². The number of aromatic nitrogens is 3. The van der Waals surface area contributed by atoms with Crippen molar-refractivity contribution in [1.82, 2.24) is 14.8 Å². The van der Waals surface area contributed by atoms with Crippen LogP contribution < -0.4 is 0 Å². The average molecular weight is 307 g/mol. The van der Waals surface area contributed by atoms with Gasteiger partial charge in [0, 0.05) is 11.6 Å². The molecule has 1 aromatic carbocycles. The minimum Gasteiger partial charge on any atom is -0.478 e. The van der Waals surface area contributed by atoms with Gasteiger partial charge in [0.2, 0.25) is 0 Å². The molecule has 2 aromatic heterocycles. The summed E-state index contributed by atoms with van der Waals surface area (Å²) in [5, 5.41) is 13.0. The summed E-state index contributed by atoms with van der Waals surface area (Å²) < 4.78 is 40.3. The van der Waals surface area contributed by atoms with Crippen molar-refractivity contribution in [3.05, 3.63) is 54.0 Å². The molecule has 0 bridgehead atoms. The Balaban J connectivity index is 2.35. The SMILES string of the molecule is O=C(O)c1cnn(-c2cccc3ncccc23)c1C(F)(F)F. The average Bonchev–Trinajstić information content (AvgIpc) is 2.91. The molecule has 1 N–H and O–H groups in total. The lowest BCUT2D eigenvalue weighted by Gasteiger charge is -2.13. The van der Waals surface area contributed by atoms with Gasteiger partial charge in [-0.15, -0.1) is 0 Å². The van der Waals surface area contributed by atoms with Gasteiger partial charge in [0.25, 0.3) is 0 Å². The largest absolute Gasteiger partial charge is 0.478 e. The zero-order valence-corrected chi connectivity index (χ0v) is 10.9. The Bertz CT molecular complexity index is 866. The van der Waals surface area contributed by atoms with Gasteiger partial charge in [-0.2, -0.15) is 18.3 Å². The molecule has 0 aliphatic carbocycles. The number of fused-ring (bicyclic) bond motifs is 1. The van der Waals surface area contributed by atoms with E-state index in [0.29, 0.717) is 21.8 Å². The van der Waals surface area contributed by atoms with E-state index in [0.717, 1.165) is 0 Å². The maximum atomic E-state index is 13.2. The van der Waals surface area contributed by atoms with Crippen LogP contribution in [0.1, 0.15) is 16.1 Å². The molecule has 0 radical (unpaired) electrons. The van der Waals surface area contributed by atoms with Crippen molar-refractivity contribution in [3.63, 3.8) is 0 Å². The van der Waals surface area contributed by atoms with Gasteiger partial charge in [-0.3, -0.25) is 4.98 Å². The molecule has 0 saturated heterocycles. The van der Waals surface area contributed by atoms with Crippen LogP contribution in [0.4, 0.5) is 13.2 Å². The van der Waals surface area contributed by atoms with Crippen LogP contribution in [0.3, 0.4) is 0 Å². The monoisotopic (exact) mass is 307 g/mol. The van der Waals surface area contributed by atoms with Gasteiger partial charge < -0.3 is 5.11 Å². The van der Waals surface area contributed by atoms with Crippen molar-refractivity contribution in [2.45, 2.75) is 6.18 Å². The number of hydrogen-bond donors (Lipinski definition) is 1. The third-order valence-electron chi connectivity index (χ3n) is 3.12. The lowest BCUT2D eigenvalue weighted by atomic mass is 10.1. The highest BCUT2D eigenvalue weighted by molar-refractivity contribution is 5.90. The van der Waals surface area contributed by atoms with Crippen LogP contribution in [0, 0.1) is 0 Å². The topological polar surface area (TPSA) is 68.0 Å². The first-order valence-corrected chi connectivity index (χ1v) is 6.12. The number of pyridine rings is 1. The fourth-order valence-electron chi connectivity index (χ4n) is 2.23. The van der Waals surface area contributed by atoms with E-state index < -0.39 is 23.4 Å². The fraction of sp³-hybridized carbons (Fsp3) is 0.0714. The van der Waals surface area contributed by atoms with E-state index in [1.54, 1.807) is 18.2 Å². The molecule has 0 spiro atoms. The Morgan fingerprint density at radius 1 is 1.18 bits per heavy atom. The smallest absolute Gasteiger partial charge is 0.434 e. The molecule has 0 aliphatic rings. The number of halogens is 3. The maximum absolute atomic E-state index is 13.2. The first kappa shape index (κ1) is 14.1. The van der Waals surface area contributed by atoms with Gasteiger partial charge in [-0.25, -0.2) is 9.48 Å². The second-order valence-corrected chi connectivity index (χ2v) is 4.47.